The summed E-state index contributed by atoms with van der Waals surface area (Å²) in [4.78, 5) is 25.7. The second-order valence-electron chi connectivity index (χ2n) is 6.33. The van der Waals surface area contributed by atoms with Gasteiger partial charge in [-0.3, -0.25) is 9.59 Å². The fourth-order valence-corrected chi connectivity index (χ4v) is 3.38. The molecule has 1 fully saturated rings. The molecule has 136 valence electrons. The Balaban J connectivity index is 1.48. The molecule has 0 aromatic heterocycles. The maximum absolute atomic E-state index is 12.1. The van der Waals surface area contributed by atoms with Gasteiger partial charge in [0.1, 0.15) is 13.2 Å². The van der Waals surface area contributed by atoms with Crippen LogP contribution in [0.1, 0.15) is 31.2 Å². The fraction of sp³-hybridized carbons (Fsp3) is 0.556. The Labute approximate surface area is 152 Å². The lowest BCUT2D eigenvalue weighted by atomic mass is 10.1. The highest BCUT2D eigenvalue weighted by Gasteiger charge is 2.19. The average Bonchev–Trinajstić information content (AvgIpc) is 2.80. The second-order valence-corrected chi connectivity index (χ2v) is 6.73. The number of benzene rings is 1. The summed E-state index contributed by atoms with van der Waals surface area (Å²) in [7, 11) is 0. The van der Waals surface area contributed by atoms with E-state index in [4.69, 9.17) is 21.1 Å². The van der Waals surface area contributed by atoms with Gasteiger partial charge in [-0.1, -0.05) is 18.0 Å². The molecule has 1 aromatic rings. The second kappa shape index (κ2) is 8.43. The van der Waals surface area contributed by atoms with E-state index in [9.17, 15) is 9.59 Å². The zero-order chi connectivity index (χ0) is 17.6. The molecule has 0 unspecified atom stereocenters. The number of hydrogen-bond acceptors (Lipinski definition) is 4. The highest BCUT2D eigenvalue weighted by molar-refractivity contribution is 6.32. The topological polar surface area (TPSA) is 67.9 Å². The van der Waals surface area contributed by atoms with Gasteiger partial charge in [-0.2, -0.15) is 0 Å². The van der Waals surface area contributed by atoms with Crippen molar-refractivity contribution >= 4 is 23.4 Å². The molecular formula is C18H23ClN2O4. The van der Waals surface area contributed by atoms with Crippen molar-refractivity contribution in [1.29, 1.82) is 0 Å². The molecule has 0 aliphatic carbocycles. The lowest BCUT2D eigenvalue weighted by molar-refractivity contribution is -0.135. The van der Waals surface area contributed by atoms with Crippen LogP contribution in [-0.2, 0) is 16.0 Å². The predicted molar refractivity (Wildman–Crippen MR) is 94.2 cm³/mol. The summed E-state index contributed by atoms with van der Waals surface area (Å²) >= 11 is 6.21. The smallest absolute Gasteiger partial charge is 0.239 e. The number of hydrogen-bond donors (Lipinski definition) is 1. The van der Waals surface area contributed by atoms with E-state index in [-0.39, 0.29) is 18.4 Å². The van der Waals surface area contributed by atoms with E-state index in [2.05, 4.69) is 5.32 Å². The van der Waals surface area contributed by atoms with Crippen molar-refractivity contribution in [2.24, 2.45) is 0 Å². The van der Waals surface area contributed by atoms with Gasteiger partial charge in [0.15, 0.2) is 11.5 Å². The molecule has 1 aromatic carbocycles. The first-order chi connectivity index (χ1) is 12.1. The third kappa shape index (κ3) is 4.78. The Morgan fingerprint density at radius 3 is 2.92 bits per heavy atom. The largest absolute Gasteiger partial charge is 0.486 e. The number of fused-ring (bicyclic) bond motifs is 1. The summed E-state index contributed by atoms with van der Waals surface area (Å²) in [6.07, 6.45) is 4.12. The van der Waals surface area contributed by atoms with Crippen molar-refractivity contribution in [3.05, 3.63) is 22.7 Å². The lowest BCUT2D eigenvalue weighted by Gasteiger charge is -2.21. The van der Waals surface area contributed by atoms with Gasteiger partial charge in [0.05, 0.1) is 11.6 Å². The molecule has 2 aliphatic heterocycles. The number of amides is 2. The van der Waals surface area contributed by atoms with Crippen molar-refractivity contribution in [2.75, 3.05) is 32.8 Å². The summed E-state index contributed by atoms with van der Waals surface area (Å²) in [6.45, 7) is 2.30. The molecule has 0 spiro atoms. The highest BCUT2D eigenvalue weighted by Crippen LogP contribution is 2.38. The zero-order valence-electron chi connectivity index (χ0n) is 14.2. The van der Waals surface area contributed by atoms with Crippen molar-refractivity contribution in [3.8, 4) is 11.5 Å². The molecule has 6 nitrogen and oxygen atoms in total. The van der Waals surface area contributed by atoms with Crippen LogP contribution in [-0.4, -0.2) is 49.6 Å². The van der Waals surface area contributed by atoms with Crippen LogP contribution in [0.4, 0.5) is 0 Å². The molecule has 0 saturated carbocycles. The monoisotopic (exact) mass is 366 g/mol. The molecule has 0 atom stereocenters. The fourth-order valence-electron chi connectivity index (χ4n) is 3.09. The van der Waals surface area contributed by atoms with Crippen LogP contribution in [0.15, 0.2) is 12.1 Å². The van der Waals surface area contributed by atoms with Gasteiger partial charge in [-0.05, 0) is 37.0 Å². The van der Waals surface area contributed by atoms with Gasteiger partial charge in [-0.15, -0.1) is 0 Å². The number of likely N-dealkylation sites (tertiary alicyclic amines) is 1. The number of halogens is 1. The Hall–Kier alpha value is -1.95. The molecule has 2 aliphatic rings. The van der Waals surface area contributed by atoms with E-state index in [0.29, 0.717) is 55.7 Å². The molecule has 3 rings (SSSR count). The summed E-state index contributed by atoms with van der Waals surface area (Å²) in [6, 6.07) is 3.73. The van der Waals surface area contributed by atoms with Crippen molar-refractivity contribution < 1.29 is 19.1 Å². The average molecular weight is 367 g/mol. The standard InChI is InChI=1S/C18H23ClN2O4/c19-14-10-13(11-15-18(14)25-9-8-24-15)5-6-20-16(22)12-21-7-3-1-2-4-17(21)23/h10-11H,1-9,12H2,(H,20,22). The minimum atomic E-state index is -0.126. The summed E-state index contributed by atoms with van der Waals surface area (Å²) in [5.74, 6) is 1.18. The number of nitrogens with zero attached hydrogens (tertiary/aromatic N) is 1. The summed E-state index contributed by atoms with van der Waals surface area (Å²) in [5.41, 5.74) is 0.973. The summed E-state index contributed by atoms with van der Waals surface area (Å²) in [5, 5.41) is 3.39. The van der Waals surface area contributed by atoms with Crippen LogP contribution in [0.3, 0.4) is 0 Å². The van der Waals surface area contributed by atoms with Crippen LogP contribution in [0.2, 0.25) is 5.02 Å². The van der Waals surface area contributed by atoms with E-state index in [1.54, 1.807) is 4.90 Å². The van der Waals surface area contributed by atoms with Crippen molar-refractivity contribution in [3.63, 3.8) is 0 Å². The van der Waals surface area contributed by atoms with Crippen LogP contribution < -0.4 is 14.8 Å². The number of nitrogens with one attached hydrogen (secondary N) is 1. The van der Waals surface area contributed by atoms with Gasteiger partial charge >= 0.3 is 0 Å². The first-order valence-electron chi connectivity index (χ1n) is 8.76. The molecule has 1 saturated heterocycles. The molecule has 7 heteroatoms. The molecule has 2 heterocycles. The van der Waals surface area contributed by atoms with Crippen LogP contribution in [0, 0.1) is 0 Å². The Kier molecular flexibility index (Phi) is 6.02. The SMILES string of the molecule is O=C(CN1CCCCCC1=O)NCCc1cc(Cl)c2c(c1)OCCO2. The van der Waals surface area contributed by atoms with E-state index in [1.165, 1.54) is 0 Å². The summed E-state index contributed by atoms with van der Waals surface area (Å²) < 4.78 is 11.0. The Bertz CT molecular complexity index is 650. The number of rotatable bonds is 5. The van der Waals surface area contributed by atoms with Crippen LogP contribution in [0.5, 0.6) is 11.5 Å². The van der Waals surface area contributed by atoms with Crippen molar-refractivity contribution in [1.82, 2.24) is 10.2 Å². The molecule has 25 heavy (non-hydrogen) atoms. The zero-order valence-corrected chi connectivity index (χ0v) is 14.9. The maximum atomic E-state index is 12.1. The third-order valence-corrected chi connectivity index (χ3v) is 4.68. The molecule has 0 radical (unpaired) electrons. The van der Waals surface area contributed by atoms with Gasteiger partial charge in [0.25, 0.3) is 0 Å². The third-order valence-electron chi connectivity index (χ3n) is 4.40. The van der Waals surface area contributed by atoms with Gasteiger partial charge < -0.3 is 19.7 Å². The minimum absolute atomic E-state index is 0.0752. The van der Waals surface area contributed by atoms with E-state index in [1.807, 2.05) is 12.1 Å². The van der Waals surface area contributed by atoms with Crippen molar-refractivity contribution in [2.45, 2.75) is 32.1 Å². The normalized spacial score (nSPS) is 17.2. The van der Waals surface area contributed by atoms with Crippen LogP contribution in [0.25, 0.3) is 0 Å². The Morgan fingerprint density at radius 2 is 2.04 bits per heavy atom. The molecule has 0 bridgehead atoms. The van der Waals surface area contributed by atoms with Gasteiger partial charge in [-0.25, -0.2) is 0 Å². The minimum Gasteiger partial charge on any atom is -0.486 e. The maximum Gasteiger partial charge on any atom is 0.239 e. The first-order valence-corrected chi connectivity index (χ1v) is 9.14. The lowest BCUT2D eigenvalue weighted by Crippen LogP contribution is -2.41. The van der Waals surface area contributed by atoms with E-state index in [0.717, 1.165) is 24.8 Å². The molecule has 1 N–H and O–H groups in total. The van der Waals surface area contributed by atoms with Gasteiger partial charge in [0, 0.05) is 19.5 Å². The van der Waals surface area contributed by atoms with E-state index >= 15 is 0 Å². The van der Waals surface area contributed by atoms with E-state index < -0.39 is 0 Å². The predicted octanol–water partition coefficient (Wildman–Crippen LogP) is 2.17. The molecular weight excluding hydrogens is 344 g/mol. The number of carbonyl (C=O) groups excluding carboxylic acids is 2. The Morgan fingerprint density at radius 1 is 1.20 bits per heavy atom. The number of ether oxygens (including phenoxy) is 2. The van der Waals surface area contributed by atoms with Crippen LogP contribution >= 0.6 is 11.6 Å². The highest BCUT2D eigenvalue weighted by atomic mass is 35.5. The number of carbonyl (C=O) groups is 2. The molecule has 2 amide bonds. The van der Waals surface area contributed by atoms with Gasteiger partial charge in [0.2, 0.25) is 11.8 Å². The first kappa shape index (κ1) is 17.9. The quantitative estimate of drug-likeness (QED) is 0.867.